The third kappa shape index (κ3) is 3.47. The molecule has 2 N–H and O–H groups in total. The number of fused-ring (bicyclic) bond motifs is 1. The van der Waals surface area contributed by atoms with Crippen molar-refractivity contribution in [2.75, 3.05) is 0 Å². The lowest BCUT2D eigenvalue weighted by molar-refractivity contribution is -0.128. The summed E-state index contributed by atoms with van der Waals surface area (Å²) in [6.07, 6.45) is 5.68. The van der Waals surface area contributed by atoms with Gasteiger partial charge in [-0.05, 0) is 25.1 Å². The Morgan fingerprint density at radius 2 is 2.15 bits per heavy atom. The fourth-order valence-electron chi connectivity index (χ4n) is 2.62. The number of halogens is 1. The summed E-state index contributed by atoms with van der Waals surface area (Å²) in [5.41, 5.74) is 1.79. The van der Waals surface area contributed by atoms with Crippen LogP contribution in [0, 0.1) is 6.92 Å². The predicted octanol–water partition coefficient (Wildman–Crippen LogP) is 1.48. The lowest BCUT2D eigenvalue weighted by Crippen LogP contribution is -2.19. The van der Waals surface area contributed by atoms with Crippen molar-refractivity contribution in [1.29, 1.82) is 0 Å². The van der Waals surface area contributed by atoms with Gasteiger partial charge in [0.2, 0.25) is 0 Å². The number of rotatable bonds is 4. The first kappa shape index (κ1) is 18.1. The van der Waals surface area contributed by atoms with Crippen LogP contribution in [0.1, 0.15) is 11.3 Å². The van der Waals surface area contributed by atoms with Gasteiger partial charge in [0.15, 0.2) is 0 Å². The van der Waals surface area contributed by atoms with Crippen LogP contribution in [0.3, 0.4) is 0 Å². The normalized spacial score (nSPS) is 12.2. The molecule has 0 spiro atoms. The van der Waals surface area contributed by atoms with Gasteiger partial charge in [0.05, 0.1) is 10.7 Å². The molecule has 3 rings (SSSR count). The fraction of sp³-hybridized carbons (Fsp3) is 0.133. The van der Waals surface area contributed by atoms with E-state index in [1.54, 1.807) is 41.7 Å². The molecule has 3 heterocycles. The summed E-state index contributed by atoms with van der Waals surface area (Å²) in [7, 11) is -2.65. The number of aromatic nitrogens is 4. The van der Waals surface area contributed by atoms with Gasteiger partial charge in [-0.2, -0.15) is 18.7 Å². The zero-order valence-corrected chi connectivity index (χ0v) is 15.3. The molecule has 0 aliphatic rings. The molecule has 0 amide bonds. The highest BCUT2D eigenvalue weighted by Gasteiger charge is 2.18. The van der Waals surface area contributed by atoms with Crippen LogP contribution in [-0.2, 0) is 26.3 Å². The minimum atomic E-state index is -4.37. The highest BCUT2D eigenvalue weighted by Crippen LogP contribution is 2.29. The molecule has 3 aromatic heterocycles. The monoisotopic (exact) mass is 395 g/mol. The maximum Gasteiger partial charge on any atom is 0.382 e. The summed E-state index contributed by atoms with van der Waals surface area (Å²) < 4.78 is 29.1. The van der Waals surface area contributed by atoms with Crippen molar-refractivity contribution in [2.24, 2.45) is 12.2 Å². The standard InChI is InChI=1S/C15H14ClN5O4S/c1-9-10(5-6-13(22)25-26(17,23)24)15(20(2)19-9)21-8-12(16)11-4-3-7-18-14(11)21/h3-8H,1-2H3,(H2,17,23,24). The van der Waals surface area contributed by atoms with E-state index in [2.05, 4.69) is 19.4 Å². The Labute approximate surface area is 153 Å². The molecule has 9 nitrogen and oxygen atoms in total. The lowest BCUT2D eigenvalue weighted by atomic mass is 10.2. The van der Waals surface area contributed by atoms with E-state index in [0.717, 1.165) is 11.5 Å². The van der Waals surface area contributed by atoms with Crippen LogP contribution in [0.5, 0.6) is 0 Å². The molecule has 0 radical (unpaired) electrons. The molecular formula is C15H14ClN5O4S. The Kier molecular flexibility index (Phi) is 4.57. The average molecular weight is 396 g/mol. The maximum absolute atomic E-state index is 11.6. The molecule has 11 heteroatoms. The largest absolute Gasteiger partial charge is 0.382 e. The van der Waals surface area contributed by atoms with Crippen LogP contribution >= 0.6 is 11.6 Å². The number of carbonyl (C=O) groups excluding carboxylic acids is 1. The van der Waals surface area contributed by atoms with Crippen molar-refractivity contribution < 1.29 is 17.4 Å². The van der Waals surface area contributed by atoms with Crippen LogP contribution < -0.4 is 5.14 Å². The first-order chi connectivity index (χ1) is 12.2. The second-order valence-electron chi connectivity index (χ2n) is 5.40. The lowest BCUT2D eigenvalue weighted by Gasteiger charge is -2.06. The van der Waals surface area contributed by atoms with Gasteiger partial charge in [0.25, 0.3) is 0 Å². The Bertz CT molecular complexity index is 1150. The van der Waals surface area contributed by atoms with Gasteiger partial charge in [-0.25, -0.2) is 9.78 Å². The molecule has 0 fully saturated rings. The van der Waals surface area contributed by atoms with Crippen molar-refractivity contribution in [3.05, 3.63) is 46.9 Å². The predicted molar refractivity (Wildman–Crippen MR) is 95.8 cm³/mol. The van der Waals surface area contributed by atoms with Gasteiger partial charge >= 0.3 is 16.3 Å². The Morgan fingerprint density at radius 1 is 1.42 bits per heavy atom. The van der Waals surface area contributed by atoms with Gasteiger partial charge in [-0.1, -0.05) is 11.6 Å². The molecule has 0 aliphatic carbocycles. The Balaban J connectivity index is 2.11. The van der Waals surface area contributed by atoms with Crippen LogP contribution in [-0.4, -0.2) is 33.7 Å². The second-order valence-corrected chi connectivity index (χ2v) is 6.96. The van der Waals surface area contributed by atoms with Crippen LogP contribution in [0.2, 0.25) is 5.02 Å². The Hall–Kier alpha value is -2.69. The molecule has 0 saturated carbocycles. The smallest absolute Gasteiger partial charge is 0.330 e. The third-order valence-electron chi connectivity index (χ3n) is 3.56. The summed E-state index contributed by atoms with van der Waals surface area (Å²) in [4.78, 5) is 15.9. The quantitative estimate of drug-likeness (QED) is 0.667. The molecule has 136 valence electrons. The minimum Gasteiger partial charge on any atom is -0.330 e. The number of hydrogen-bond acceptors (Lipinski definition) is 6. The summed E-state index contributed by atoms with van der Waals surface area (Å²) in [6, 6.07) is 3.61. The first-order valence-corrected chi connectivity index (χ1v) is 9.12. The average Bonchev–Trinajstić information content (AvgIpc) is 3.00. The fourth-order valence-corrected chi connectivity index (χ4v) is 3.15. The van der Waals surface area contributed by atoms with Gasteiger partial charge in [-0.3, -0.25) is 9.25 Å². The van der Waals surface area contributed by atoms with Gasteiger partial charge in [0.1, 0.15) is 11.5 Å². The second kappa shape index (κ2) is 6.56. The number of nitrogens with two attached hydrogens (primary N) is 1. The molecule has 0 aromatic carbocycles. The van der Waals surface area contributed by atoms with Crippen LogP contribution in [0.15, 0.2) is 30.6 Å². The van der Waals surface area contributed by atoms with Gasteiger partial charge in [-0.15, -0.1) is 0 Å². The van der Waals surface area contributed by atoms with E-state index in [1.165, 1.54) is 6.08 Å². The third-order valence-corrected chi connectivity index (χ3v) is 4.26. The van der Waals surface area contributed by atoms with E-state index in [4.69, 9.17) is 11.6 Å². The molecular weight excluding hydrogens is 382 g/mol. The highest BCUT2D eigenvalue weighted by molar-refractivity contribution is 7.84. The summed E-state index contributed by atoms with van der Waals surface area (Å²) >= 11 is 6.28. The SMILES string of the molecule is Cc1nn(C)c(-n2cc(Cl)c3cccnc32)c1C=CC(=O)OS(N)(=O)=O. The van der Waals surface area contributed by atoms with E-state index >= 15 is 0 Å². The van der Waals surface area contributed by atoms with Crippen molar-refractivity contribution in [3.63, 3.8) is 0 Å². The maximum atomic E-state index is 11.6. The molecule has 0 bridgehead atoms. The number of nitrogens with zero attached hydrogens (tertiary/aromatic N) is 4. The molecule has 3 aromatic rings. The number of pyridine rings is 1. The van der Waals surface area contributed by atoms with Crippen molar-refractivity contribution in [1.82, 2.24) is 19.3 Å². The van der Waals surface area contributed by atoms with E-state index in [9.17, 15) is 13.2 Å². The van der Waals surface area contributed by atoms with Crippen molar-refractivity contribution in [2.45, 2.75) is 6.92 Å². The van der Waals surface area contributed by atoms with E-state index in [1.807, 2.05) is 6.07 Å². The van der Waals surface area contributed by atoms with E-state index in [-0.39, 0.29) is 0 Å². The first-order valence-electron chi connectivity index (χ1n) is 7.27. The van der Waals surface area contributed by atoms with Gasteiger partial charge in [0, 0.05) is 36.5 Å². The minimum absolute atomic E-state index is 0.510. The van der Waals surface area contributed by atoms with Crippen molar-refractivity contribution >= 4 is 45.0 Å². The summed E-state index contributed by atoms with van der Waals surface area (Å²) in [5.74, 6) is -0.520. The summed E-state index contributed by atoms with van der Waals surface area (Å²) in [6.45, 7) is 1.74. The van der Waals surface area contributed by atoms with Crippen molar-refractivity contribution in [3.8, 4) is 5.82 Å². The summed E-state index contributed by atoms with van der Waals surface area (Å²) in [5, 5.41) is 10.3. The number of aryl methyl sites for hydroxylation is 2. The molecule has 0 saturated heterocycles. The van der Waals surface area contributed by atoms with Crippen LogP contribution in [0.4, 0.5) is 0 Å². The highest BCUT2D eigenvalue weighted by atomic mass is 35.5. The number of carbonyl (C=O) groups is 1. The molecule has 0 aliphatic heterocycles. The van der Waals surface area contributed by atoms with Crippen LogP contribution in [0.25, 0.3) is 22.9 Å². The zero-order chi connectivity index (χ0) is 19.1. The Morgan fingerprint density at radius 3 is 2.85 bits per heavy atom. The zero-order valence-electron chi connectivity index (χ0n) is 13.7. The van der Waals surface area contributed by atoms with E-state index in [0.29, 0.717) is 27.7 Å². The van der Waals surface area contributed by atoms with Gasteiger partial charge < -0.3 is 4.18 Å². The number of hydrogen-bond donors (Lipinski definition) is 1. The van der Waals surface area contributed by atoms with E-state index < -0.39 is 16.3 Å². The topological polar surface area (TPSA) is 122 Å². The molecule has 0 unspecified atom stereocenters. The molecule has 26 heavy (non-hydrogen) atoms. The molecule has 0 atom stereocenters.